The van der Waals surface area contributed by atoms with Gasteiger partial charge in [-0.3, -0.25) is 9.59 Å². The lowest BCUT2D eigenvalue weighted by molar-refractivity contribution is -0.143. The van der Waals surface area contributed by atoms with E-state index in [4.69, 9.17) is 9.47 Å². The summed E-state index contributed by atoms with van der Waals surface area (Å²) < 4.78 is 10.3. The number of unbranched alkanes of at least 4 members (excludes halogenated alkanes) is 14. The van der Waals surface area contributed by atoms with Crippen LogP contribution in [-0.4, -0.2) is 25.2 Å². The van der Waals surface area contributed by atoms with Crippen LogP contribution in [0.4, 0.5) is 0 Å². The van der Waals surface area contributed by atoms with Gasteiger partial charge in [-0.25, -0.2) is 0 Å². The van der Waals surface area contributed by atoms with Gasteiger partial charge < -0.3 is 9.47 Å². The fourth-order valence-corrected chi connectivity index (χ4v) is 4.82. The summed E-state index contributed by atoms with van der Waals surface area (Å²) in [5.41, 5.74) is 0. The largest absolute Gasteiger partial charge is 0.452 e. The zero-order valence-corrected chi connectivity index (χ0v) is 23.2. The lowest BCUT2D eigenvalue weighted by atomic mass is 10.1. The van der Waals surface area contributed by atoms with Crippen LogP contribution in [0.25, 0.3) is 0 Å². The first-order valence-corrected chi connectivity index (χ1v) is 15.5. The molecule has 2 fully saturated rings. The Labute approximate surface area is 222 Å². The molecule has 0 aromatic heterocycles. The van der Waals surface area contributed by atoms with Crippen LogP contribution in [0.2, 0.25) is 0 Å². The van der Waals surface area contributed by atoms with Crippen LogP contribution in [0.3, 0.4) is 0 Å². The van der Waals surface area contributed by atoms with Gasteiger partial charge in [0.2, 0.25) is 0 Å². The van der Waals surface area contributed by atoms with E-state index in [1.54, 1.807) is 0 Å². The summed E-state index contributed by atoms with van der Waals surface area (Å²) in [5.74, 6) is 7.31. The highest BCUT2D eigenvalue weighted by molar-refractivity contribution is 5.69. The summed E-state index contributed by atoms with van der Waals surface area (Å²) in [5, 5.41) is 0. The van der Waals surface area contributed by atoms with Gasteiger partial charge in [0.05, 0.1) is 0 Å². The van der Waals surface area contributed by atoms with E-state index in [0.29, 0.717) is 12.8 Å². The molecular formula is C32H54O4. The van der Waals surface area contributed by atoms with Crippen molar-refractivity contribution < 1.29 is 19.1 Å². The molecule has 0 unspecified atom stereocenters. The number of carbonyl (C=O) groups excluding carboxylic acids is 2. The second-order valence-corrected chi connectivity index (χ2v) is 11.3. The van der Waals surface area contributed by atoms with Crippen LogP contribution in [0.5, 0.6) is 0 Å². The van der Waals surface area contributed by atoms with Gasteiger partial charge in [-0.15, -0.1) is 0 Å². The highest BCUT2D eigenvalue weighted by Gasteiger charge is 2.20. The van der Waals surface area contributed by atoms with Crippen LogP contribution < -0.4 is 0 Å². The third-order valence-corrected chi connectivity index (χ3v) is 7.62. The standard InChI is InChI=1S/C32H54O4/c33-31(21-15-11-7-3-1-5-9-13-19-29-23-24-29)35-27-17-18-28-36-32(34)22-16-12-8-4-2-6-10-14-20-30-25-26-30/h29-30H,1-16,19-28H2. The molecule has 0 bridgehead atoms. The Bertz CT molecular complexity index is 572. The van der Waals surface area contributed by atoms with Crippen molar-refractivity contribution >= 4 is 11.9 Å². The molecule has 2 saturated carbocycles. The van der Waals surface area contributed by atoms with Crippen LogP contribution in [-0.2, 0) is 19.1 Å². The van der Waals surface area contributed by atoms with Crippen LogP contribution >= 0.6 is 0 Å². The maximum Gasteiger partial charge on any atom is 0.306 e. The lowest BCUT2D eigenvalue weighted by Crippen LogP contribution is -2.06. The fraction of sp³-hybridized carbons (Fsp3) is 0.875. The van der Waals surface area contributed by atoms with Crippen molar-refractivity contribution in [2.45, 2.75) is 154 Å². The summed E-state index contributed by atoms with van der Waals surface area (Å²) >= 11 is 0. The zero-order chi connectivity index (χ0) is 25.5. The van der Waals surface area contributed by atoms with Crippen molar-refractivity contribution in [3.05, 3.63) is 0 Å². The van der Waals surface area contributed by atoms with Crippen molar-refractivity contribution in [2.75, 3.05) is 13.2 Å². The quantitative estimate of drug-likeness (QED) is 0.0752. The predicted molar refractivity (Wildman–Crippen MR) is 147 cm³/mol. The summed E-state index contributed by atoms with van der Waals surface area (Å²) in [7, 11) is 0. The Morgan fingerprint density at radius 3 is 1.11 bits per heavy atom. The third-order valence-electron chi connectivity index (χ3n) is 7.62. The molecule has 0 atom stereocenters. The molecule has 0 heterocycles. The molecule has 0 radical (unpaired) electrons. The van der Waals surface area contributed by atoms with E-state index in [-0.39, 0.29) is 25.2 Å². The number of carbonyl (C=O) groups is 2. The van der Waals surface area contributed by atoms with Gasteiger partial charge in [0.25, 0.3) is 0 Å². The minimum absolute atomic E-state index is 0.0812. The first-order chi connectivity index (χ1) is 17.7. The molecule has 0 spiro atoms. The van der Waals surface area contributed by atoms with E-state index >= 15 is 0 Å². The topological polar surface area (TPSA) is 52.6 Å². The van der Waals surface area contributed by atoms with E-state index in [0.717, 1.165) is 37.5 Å². The molecule has 0 aliphatic heterocycles. The van der Waals surface area contributed by atoms with Gasteiger partial charge >= 0.3 is 11.9 Å². The van der Waals surface area contributed by atoms with Gasteiger partial charge in [-0.1, -0.05) is 140 Å². The summed E-state index contributed by atoms with van der Waals surface area (Å²) in [6, 6.07) is 0. The molecule has 2 aliphatic rings. The normalized spacial score (nSPS) is 14.8. The molecule has 2 rings (SSSR count). The van der Waals surface area contributed by atoms with Crippen molar-refractivity contribution in [2.24, 2.45) is 11.8 Å². The highest BCUT2D eigenvalue weighted by atomic mass is 16.5. The Hall–Kier alpha value is -1.50. The van der Waals surface area contributed by atoms with E-state index in [1.807, 2.05) is 0 Å². The maximum absolute atomic E-state index is 11.8. The second kappa shape index (κ2) is 21.6. The minimum Gasteiger partial charge on any atom is -0.452 e. The van der Waals surface area contributed by atoms with Crippen molar-refractivity contribution in [3.8, 4) is 11.8 Å². The summed E-state index contributed by atoms with van der Waals surface area (Å²) in [6.45, 7) is 0.162. The van der Waals surface area contributed by atoms with E-state index < -0.39 is 0 Å². The SMILES string of the molecule is O=C(CCCCCCCCCCC1CC1)OCC#CCOC(=O)CCCCCCCCCCC1CC1. The molecule has 0 N–H and O–H groups in total. The number of hydrogen-bond donors (Lipinski definition) is 0. The molecule has 0 saturated heterocycles. The van der Waals surface area contributed by atoms with Crippen molar-refractivity contribution in [1.29, 1.82) is 0 Å². The van der Waals surface area contributed by atoms with E-state index in [9.17, 15) is 9.59 Å². The number of esters is 2. The zero-order valence-electron chi connectivity index (χ0n) is 23.2. The third kappa shape index (κ3) is 20.7. The van der Waals surface area contributed by atoms with Crippen LogP contribution in [0, 0.1) is 23.7 Å². The van der Waals surface area contributed by atoms with Crippen molar-refractivity contribution in [3.63, 3.8) is 0 Å². The predicted octanol–water partition coefficient (Wildman–Crippen LogP) is 8.70. The van der Waals surface area contributed by atoms with Crippen LogP contribution in [0.1, 0.15) is 154 Å². The van der Waals surface area contributed by atoms with Gasteiger partial charge in [0.15, 0.2) is 13.2 Å². The van der Waals surface area contributed by atoms with Crippen molar-refractivity contribution in [1.82, 2.24) is 0 Å². The van der Waals surface area contributed by atoms with E-state index in [1.165, 1.54) is 116 Å². The van der Waals surface area contributed by atoms with Crippen LogP contribution in [0.15, 0.2) is 0 Å². The molecule has 4 heteroatoms. The smallest absolute Gasteiger partial charge is 0.306 e. The Kier molecular flexibility index (Phi) is 18.4. The van der Waals surface area contributed by atoms with E-state index in [2.05, 4.69) is 11.8 Å². The molecule has 0 amide bonds. The van der Waals surface area contributed by atoms with Gasteiger partial charge in [0, 0.05) is 12.8 Å². The Balaban J connectivity index is 1.24. The summed E-state index contributed by atoms with van der Waals surface area (Å²) in [4.78, 5) is 23.5. The maximum atomic E-state index is 11.8. The molecule has 4 nitrogen and oxygen atoms in total. The van der Waals surface area contributed by atoms with Gasteiger partial charge in [-0.05, 0) is 24.7 Å². The molecule has 0 aromatic carbocycles. The Morgan fingerprint density at radius 2 is 0.778 bits per heavy atom. The second-order valence-electron chi connectivity index (χ2n) is 11.3. The number of ether oxygens (including phenoxy) is 2. The first kappa shape index (κ1) is 30.7. The average molecular weight is 503 g/mol. The number of rotatable bonds is 24. The van der Waals surface area contributed by atoms with Gasteiger partial charge in [-0.2, -0.15) is 0 Å². The average Bonchev–Trinajstić information content (AvgIpc) is 3.79. The minimum atomic E-state index is -0.181. The number of hydrogen-bond acceptors (Lipinski definition) is 4. The summed E-state index contributed by atoms with van der Waals surface area (Å²) in [6.07, 6.45) is 29.7. The monoisotopic (exact) mass is 502 g/mol. The van der Waals surface area contributed by atoms with Gasteiger partial charge in [0.1, 0.15) is 0 Å². The molecule has 36 heavy (non-hydrogen) atoms. The lowest BCUT2D eigenvalue weighted by Gasteiger charge is -2.03. The molecular weight excluding hydrogens is 448 g/mol. The molecule has 2 aliphatic carbocycles. The fourth-order valence-electron chi connectivity index (χ4n) is 4.82. The molecule has 206 valence electrons. The highest BCUT2D eigenvalue weighted by Crippen LogP contribution is 2.34. The first-order valence-electron chi connectivity index (χ1n) is 15.5. The molecule has 0 aromatic rings. The Morgan fingerprint density at radius 1 is 0.472 bits per heavy atom.